The molecule has 0 radical (unpaired) electrons. The Morgan fingerprint density at radius 2 is 2.25 bits per heavy atom. The summed E-state index contributed by atoms with van der Waals surface area (Å²) in [5.74, 6) is -0.0864. The van der Waals surface area contributed by atoms with Crippen LogP contribution in [0.2, 0.25) is 0 Å². The SMILES string of the molecule is CC1C(=O)NCC(=O)N1CC1CCCCO1. The third-order valence-electron chi connectivity index (χ3n) is 3.26. The zero-order valence-electron chi connectivity index (χ0n) is 9.57. The van der Waals surface area contributed by atoms with Crippen LogP contribution in [0.25, 0.3) is 0 Å². The first-order valence-corrected chi connectivity index (χ1v) is 5.87. The van der Waals surface area contributed by atoms with Crippen molar-refractivity contribution in [2.75, 3.05) is 19.7 Å². The smallest absolute Gasteiger partial charge is 0.242 e. The van der Waals surface area contributed by atoms with E-state index in [0.29, 0.717) is 6.54 Å². The van der Waals surface area contributed by atoms with E-state index in [4.69, 9.17) is 4.74 Å². The van der Waals surface area contributed by atoms with Crippen LogP contribution in [0, 0.1) is 0 Å². The van der Waals surface area contributed by atoms with Gasteiger partial charge in [0.05, 0.1) is 12.6 Å². The number of piperazine rings is 1. The van der Waals surface area contributed by atoms with E-state index in [1.165, 1.54) is 0 Å². The monoisotopic (exact) mass is 226 g/mol. The van der Waals surface area contributed by atoms with Gasteiger partial charge in [-0.25, -0.2) is 0 Å². The van der Waals surface area contributed by atoms with Gasteiger partial charge in [-0.05, 0) is 26.2 Å². The van der Waals surface area contributed by atoms with E-state index < -0.39 is 0 Å². The lowest BCUT2D eigenvalue weighted by Crippen LogP contribution is -2.59. The maximum atomic E-state index is 11.7. The van der Waals surface area contributed by atoms with Gasteiger partial charge in [-0.2, -0.15) is 0 Å². The summed E-state index contributed by atoms with van der Waals surface area (Å²) in [5, 5.41) is 2.58. The molecule has 5 heteroatoms. The molecule has 2 heterocycles. The highest BCUT2D eigenvalue weighted by Gasteiger charge is 2.32. The maximum Gasteiger partial charge on any atom is 0.242 e. The number of nitrogens with zero attached hydrogens (tertiary/aromatic N) is 1. The fourth-order valence-electron chi connectivity index (χ4n) is 2.20. The van der Waals surface area contributed by atoms with Gasteiger partial charge < -0.3 is 15.0 Å². The second-order valence-corrected chi connectivity index (χ2v) is 4.43. The first-order valence-electron chi connectivity index (χ1n) is 5.87. The van der Waals surface area contributed by atoms with Gasteiger partial charge in [-0.15, -0.1) is 0 Å². The Bertz CT molecular complexity index is 287. The first kappa shape index (κ1) is 11.4. The Morgan fingerprint density at radius 1 is 1.44 bits per heavy atom. The highest BCUT2D eigenvalue weighted by molar-refractivity contribution is 5.94. The molecule has 90 valence electrons. The van der Waals surface area contributed by atoms with Crippen molar-refractivity contribution in [1.82, 2.24) is 10.2 Å². The van der Waals surface area contributed by atoms with Crippen LogP contribution in [0.1, 0.15) is 26.2 Å². The van der Waals surface area contributed by atoms with Crippen LogP contribution in [0.4, 0.5) is 0 Å². The lowest BCUT2D eigenvalue weighted by Gasteiger charge is -2.36. The van der Waals surface area contributed by atoms with Crippen molar-refractivity contribution >= 4 is 11.8 Å². The number of nitrogens with one attached hydrogen (secondary N) is 1. The van der Waals surface area contributed by atoms with Gasteiger partial charge in [0.1, 0.15) is 6.04 Å². The van der Waals surface area contributed by atoms with E-state index >= 15 is 0 Å². The molecule has 1 N–H and O–H groups in total. The number of ether oxygens (including phenoxy) is 1. The number of hydrogen-bond acceptors (Lipinski definition) is 3. The van der Waals surface area contributed by atoms with Crippen LogP contribution >= 0.6 is 0 Å². The number of rotatable bonds is 2. The van der Waals surface area contributed by atoms with Gasteiger partial charge in [0.15, 0.2) is 0 Å². The number of hydrogen-bond donors (Lipinski definition) is 1. The van der Waals surface area contributed by atoms with Crippen LogP contribution < -0.4 is 5.32 Å². The molecule has 0 spiro atoms. The molecule has 2 rings (SSSR count). The van der Waals surface area contributed by atoms with Gasteiger partial charge in [0.2, 0.25) is 11.8 Å². The number of carbonyl (C=O) groups is 2. The lowest BCUT2D eigenvalue weighted by atomic mass is 10.1. The van der Waals surface area contributed by atoms with Crippen molar-refractivity contribution < 1.29 is 14.3 Å². The van der Waals surface area contributed by atoms with Gasteiger partial charge in [0, 0.05) is 13.2 Å². The van der Waals surface area contributed by atoms with E-state index in [-0.39, 0.29) is 30.5 Å². The summed E-state index contributed by atoms with van der Waals surface area (Å²) in [6, 6.07) is -0.369. The van der Waals surface area contributed by atoms with Crippen molar-refractivity contribution in [3.8, 4) is 0 Å². The Morgan fingerprint density at radius 3 is 2.94 bits per heavy atom. The van der Waals surface area contributed by atoms with E-state index in [2.05, 4.69) is 5.32 Å². The second kappa shape index (κ2) is 4.82. The molecule has 2 atom stereocenters. The van der Waals surface area contributed by atoms with E-state index in [9.17, 15) is 9.59 Å². The lowest BCUT2D eigenvalue weighted by molar-refractivity contribution is -0.147. The molecule has 0 aromatic heterocycles. The predicted octanol–water partition coefficient (Wildman–Crippen LogP) is -0.0976. The molecule has 16 heavy (non-hydrogen) atoms. The summed E-state index contributed by atoms with van der Waals surface area (Å²) in [5.41, 5.74) is 0. The molecule has 2 unspecified atom stereocenters. The zero-order chi connectivity index (χ0) is 11.5. The average Bonchev–Trinajstić information content (AvgIpc) is 2.31. The summed E-state index contributed by atoms with van der Waals surface area (Å²) >= 11 is 0. The van der Waals surface area contributed by atoms with Crippen LogP contribution in [0.3, 0.4) is 0 Å². The zero-order valence-corrected chi connectivity index (χ0v) is 9.57. The molecule has 0 aromatic carbocycles. The van der Waals surface area contributed by atoms with Gasteiger partial charge in [0.25, 0.3) is 0 Å². The molecular weight excluding hydrogens is 208 g/mol. The fraction of sp³-hybridized carbons (Fsp3) is 0.818. The van der Waals surface area contributed by atoms with Crippen LogP contribution in [0.5, 0.6) is 0 Å². The van der Waals surface area contributed by atoms with Gasteiger partial charge in [-0.3, -0.25) is 9.59 Å². The molecule has 2 aliphatic heterocycles. The van der Waals surface area contributed by atoms with E-state index in [1.807, 2.05) is 0 Å². The maximum absolute atomic E-state index is 11.7. The molecule has 2 aliphatic rings. The Kier molecular flexibility index (Phi) is 3.43. The predicted molar refractivity (Wildman–Crippen MR) is 57.8 cm³/mol. The van der Waals surface area contributed by atoms with Crippen molar-refractivity contribution in [3.05, 3.63) is 0 Å². The van der Waals surface area contributed by atoms with Crippen LogP contribution in [-0.4, -0.2) is 48.6 Å². The largest absolute Gasteiger partial charge is 0.376 e. The topological polar surface area (TPSA) is 58.6 Å². The molecule has 2 fully saturated rings. The summed E-state index contributed by atoms with van der Waals surface area (Å²) < 4.78 is 5.59. The van der Waals surface area contributed by atoms with Crippen molar-refractivity contribution in [2.24, 2.45) is 0 Å². The van der Waals surface area contributed by atoms with Crippen LogP contribution in [0.15, 0.2) is 0 Å². The number of carbonyl (C=O) groups excluding carboxylic acids is 2. The second-order valence-electron chi connectivity index (χ2n) is 4.43. The Balaban J connectivity index is 1.95. The normalized spacial score (nSPS) is 31.4. The average molecular weight is 226 g/mol. The number of amides is 2. The van der Waals surface area contributed by atoms with E-state index in [1.54, 1.807) is 11.8 Å². The van der Waals surface area contributed by atoms with Crippen LogP contribution in [-0.2, 0) is 14.3 Å². The highest BCUT2D eigenvalue weighted by atomic mass is 16.5. The molecule has 0 aromatic rings. The summed E-state index contributed by atoms with van der Waals surface area (Å²) in [4.78, 5) is 24.8. The third kappa shape index (κ3) is 2.35. The minimum atomic E-state index is -0.369. The molecule has 0 aliphatic carbocycles. The Hall–Kier alpha value is -1.10. The van der Waals surface area contributed by atoms with Gasteiger partial charge >= 0.3 is 0 Å². The minimum absolute atomic E-state index is 0.0127. The summed E-state index contributed by atoms with van der Waals surface area (Å²) in [6.45, 7) is 3.20. The molecule has 2 saturated heterocycles. The summed E-state index contributed by atoms with van der Waals surface area (Å²) in [6.07, 6.45) is 3.33. The molecule has 5 nitrogen and oxygen atoms in total. The van der Waals surface area contributed by atoms with Gasteiger partial charge in [-0.1, -0.05) is 0 Å². The third-order valence-corrected chi connectivity index (χ3v) is 3.26. The van der Waals surface area contributed by atoms with Crippen molar-refractivity contribution in [3.63, 3.8) is 0 Å². The summed E-state index contributed by atoms with van der Waals surface area (Å²) in [7, 11) is 0. The molecule has 2 amide bonds. The van der Waals surface area contributed by atoms with E-state index in [0.717, 1.165) is 25.9 Å². The highest BCUT2D eigenvalue weighted by Crippen LogP contribution is 2.16. The molecule has 0 bridgehead atoms. The van der Waals surface area contributed by atoms with Crippen molar-refractivity contribution in [1.29, 1.82) is 0 Å². The quantitative estimate of drug-likeness (QED) is 0.715. The molecular formula is C11H18N2O3. The standard InChI is InChI=1S/C11H18N2O3/c1-8-11(15)12-6-10(14)13(8)7-9-4-2-3-5-16-9/h8-9H,2-7H2,1H3,(H,12,15). The van der Waals surface area contributed by atoms with Crippen molar-refractivity contribution in [2.45, 2.75) is 38.3 Å². The minimum Gasteiger partial charge on any atom is -0.376 e. The first-order chi connectivity index (χ1) is 7.68. The fourth-order valence-corrected chi connectivity index (χ4v) is 2.20. The molecule has 0 saturated carbocycles. The Labute approximate surface area is 95.1 Å².